The summed E-state index contributed by atoms with van der Waals surface area (Å²) in [6, 6.07) is 1.51. The topological polar surface area (TPSA) is 24.5 Å². The van der Waals surface area contributed by atoms with Gasteiger partial charge in [-0.2, -0.15) is 0 Å². The molecule has 0 amide bonds. The van der Waals surface area contributed by atoms with Crippen LogP contribution in [0.1, 0.15) is 32.6 Å². The van der Waals surface area contributed by atoms with E-state index >= 15 is 0 Å². The number of methoxy groups -OCH3 is 1. The molecule has 3 heteroatoms. The van der Waals surface area contributed by atoms with Gasteiger partial charge >= 0.3 is 0 Å². The van der Waals surface area contributed by atoms with Crippen LogP contribution in [0, 0.1) is 0 Å². The largest absolute Gasteiger partial charge is 0.383 e. The highest BCUT2D eigenvalue weighted by Crippen LogP contribution is 2.23. The minimum Gasteiger partial charge on any atom is -0.383 e. The molecule has 0 radical (unpaired) electrons. The molecule has 1 aliphatic rings. The molecule has 0 bridgehead atoms. The highest BCUT2D eigenvalue weighted by molar-refractivity contribution is 4.85. The first-order valence-electron chi connectivity index (χ1n) is 6.20. The van der Waals surface area contributed by atoms with Crippen molar-refractivity contribution in [1.29, 1.82) is 0 Å². The average molecular weight is 214 g/mol. The molecule has 1 fully saturated rings. The highest BCUT2D eigenvalue weighted by Gasteiger charge is 2.26. The Hall–Kier alpha value is -0.120. The lowest BCUT2D eigenvalue weighted by molar-refractivity contribution is 0.139. The molecule has 0 saturated heterocycles. The minimum atomic E-state index is 0.750. The number of nitrogens with one attached hydrogen (secondary N) is 1. The molecule has 0 aromatic carbocycles. The van der Waals surface area contributed by atoms with Gasteiger partial charge in [-0.15, -0.1) is 0 Å². The molecular formula is C12H26N2O. The maximum Gasteiger partial charge on any atom is 0.0589 e. The van der Waals surface area contributed by atoms with Gasteiger partial charge in [-0.1, -0.05) is 6.92 Å². The van der Waals surface area contributed by atoms with Gasteiger partial charge in [0.2, 0.25) is 0 Å². The van der Waals surface area contributed by atoms with Crippen LogP contribution in [-0.4, -0.2) is 50.8 Å². The predicted octanol–water partition coefficient (Wildman–Crippen LogP) is 1.49. The molecule has 1 aliphatic carbocycles. The van der Waals surface area contributed by atoms with E-state index in [-0.39, 0.29) is 0 Å². The zero-order chi connectivity index (χ0) is 11.1. The molecule has 1 rings (SSSR count). The van der Waals surface area contributed by atoms with Crippen molar-refractivity contribution < 1.29 is 4.74 Å². The first-order chi connectivity index (χ1) is 7.27. The van der Waals surface area contributed by atoms with E-state index in [2.05, 4.69) is 24.2 Å². The van der Waals surface area contributed by atoms with Crippen molar-refractivity contribution in [3.63, 3.8) is 0 Å². The van der Waals surface area contributed by atoms with Crippen molar-refractivity contribution in [1.82, 2.24) is 10.2 Å². The van der Waals surface area contributed by atoms with Gasteiger partial charge in [0.05, 0.1) is 6.61 Å². The second-order valence-electron chi connectivity index (χ2n) is 4.59. The van der Waals surface area contributed by atoms with Gasteiger partial charge in [-0.05, 0) is 39.3 Å². The van der Waals surface area contributed by atoms with Gasteiger partial charge in [0.15, 0.2) is 0 Å². The Bertz CT molecular complexity index is 164. The van der Waals surface area contributed by atoms with Crippen LogP contribution in [0.25, 0.3) is 0 Å². The van der Waals surface area contributed by atoms with E-state index < -0.39 is 0 Å². The smallest absolute Gasteiger partial charge is 0.0589 e. The average Bonchev–Trinajstić information content (AvgIpc) is 2.71. The van der Waals surface area contributed by atoms with Crippen LogP contribution in [-0.2, 0) is 4.74 Å². The van der Waals surface area contributed by atoms with E-state index in [1.54, 1.807) is 7.11 Å². The Balaban J connectivity index is 2.17. The van der Waals surface area contributed by atoms with Crippen LogP contribution in [0.15, 0.2) is 0 Å². The third kappa shape index (κ3) is 4.49. The number of nitrogens with zero attached hydrogens (tertiary/aromatic N) is 1. The lowest BCUT2D eigenvalue weighted by atomic mass is 10.2. The number of rotatable bonds is 7. The van der Waals surface area contributed by atoms with Crippen LogP contribution >= 0.6 is 0 Å². The number of ether oxygens (including phenoxy) is 1. The molecule has 2 unspecified atom stereocenters. The maximum atomic E-state index is 5.11. The molecule has 0 aromatic rings. The predicted molar refractivity (Wildman–Crippen MR) is 64.2 cm³/mol. The molecule has 1 N–H and O–H groups in total. The second-order valence-corrected chi connectivity index (χ2v) is 4.59. The molecule has 0 heterocycles. The van der Waals surface area contributed by atoms with E-state index in [1.807, 2.05) is 0 Å². The fraction of sp³-hybridized carbons (Fsp3) is 1.00. The summed E-state index contributed by atoms with van der Waals surface area (Å²) in [4.78, 5) is 2.44. The first-order valence-corrected chi connectivity index (χ1v) is 6.20. The quantitative estimate of drug-likeness (QED) is 0.695. The van der Waals surface area contributed by atoms with Gasteiger partial charge < -0.3 is 15.0 Å². The summed E-state index contributed by atoms with van der Waals surface area (Å²) in [6.07, 6.45) is 5.21. The normalized spacial score (nSPS) is 26.4. The van der Waals surface area contributed by atoms with E-state index in [0.29, 0.717) is 0 Å². The standard InChI is InChI=1S/C12H26N2O/c1-4-7-13-11-5-6-12(10-11)14(2)8-9-15-3/h11-13H,4-10H2,1-3H3. The molecular weight excluding hydrogens is 188 g/mol. The van der Waals surface area contributed by atoms with Crippen molar-refractivity contribution in [3.05, 3.63) is 0 Å². The number of likely N-dealkylation sites (N-methyl/N-ethyl adjacent to an activating group) is 1. The fourth-order valence-electron chi connectivity index (χ4n) is 2.31. The van der Waals surface area contributed by atoms with E-state index in [4.69, 9.17) is 4.74 Å². The lowest BCUT2D eigenvalue weighted by Crippen LogP contribution is -2.34. The summed E-state index contributed by atoms with van der Waals surface area (Å²) in [7, 11) is 3.99. The van der Waals surface area contributed by atoms with Gasteiger partial charge in [0.1, 0.15) is 0 Å². The van der Waals surface area contributed by atoms with Gasteiger partial charge in [0.25, 0.3) is 0 Å². The fourth-order valence-corrected chi connectivity index (χ4v) is 2.31. The van der Waals surface area contributed by atoms with Crippen LogP contribution < -0.4 is 5.32 Å². The zero-order valence-corrected chi connectivity index (χ0v) is 10.5. The third-order valence-electron chi connectivity index (χ3n) is 3.36. The Labute approximate surface area is 94.2 Å². The summed E-state index contributed by atoms with van der Waals surface area (Å²) in [5.41, 5.74) is 0. The summed E-state index contributed by atoms with van der Waals surface area (Å²) < 4.78 is 5.11. The molecule has 2 atom stereocenters. The van der Waals surface area contributed by atoms with E-state index in [1.165, 1.54) is 32.2 Å². The molecule has 0 aliphatic heterocycles. The molecule has 0 aromatic heterocycles. The number of hydrogen-bond donors (Lipinski definition) is 1. The minimum absolute atomic E-state index is 0.750. The Morgan fingerprint density at radius 1 is 1.40 bits per heavy atom. The van der Waals surface area contributed by atoms with Crippen molar-refractivity contribution in [2.75, 3.05) is 33.9 Å². The van der Waals surface area contributed by atoms with Crippen molar-refractivity contribution in [2.45, 2.75) is 44.7 Å². The summed E-state index contributed by atoms with van der Waals surface area (Å²) in [6.45, 7) is 5.30. The van der Waals surface area contributed by atoms with E-state index in [9.17, 15) is 0 Å². The maximum absolute atomic E-state index is 5.11. The lowest BCUT2D eigenvalue weighted by Gasteiger charge is -2.24. The molecule has 90 valence electrons. The monoisotopic (exact) mass is 214 g/mol. The molecule has 3 nitrogen and oxygen atoms in total. The van der Waals surface area contributed by atoms with Crippen LogP contribution in [0.5, 0.6) is 0 Å². The Morgan fingerprint density at radius 2 is 2.20 bits per heavy atom. The first kappa shape index (κ1) is 12.9. The Kier molecular flexibility index (Phi) is 6.22. The van der Waals surface area contributed by atoms with Crippen LogP contribution in [0.3, 0.4) is 0 Å². The Morgan fingerprint density at radius 3 is 2.87 bits per heavy atom. The van der Waals surface area contributed by atoms with Crippen LogP contribution in [0.2, 0.25) is 0 Å². The second kappa shape index (κ2) is 7.20. The molecule has 1 saturated carbocycles. The molecule has 15 heavy (non-hydrogen) atoms. The van der Waals surface area contributed by atoms with E-state index in [0.717, 1.165) is 25.2 Å². The summed E-state index contributed by atoms with van der Waals surface area (Å²) >= 11 is 0. The zero-order valence-electron chi connectivity index (χ0n) is 10.5. The van der Waals surface area contributed by atoms with Gasteiger partial charge in [-0.3, -0.25) is 0 Å². The van der Waals surface area contributed by atoms with Gasteiger partial charge in [-0.25, -0.2) is 0 Å². The summed E-state index contributed by atoms with van der Waals surface area (Å²) in [5.74, 6) is 0. The molecule has 0 spiro atoms. The number of hydrogen-bond acceptors (Lipinski definition) is 3. The SMILES string of the molecule is CCCNC1CCC(N(C)CCOC)C1. The van der Waals surface area contributed by atoms with Crippen molar-refractivity contribution >= 4 is 0 Å². The van der Waals surface area contributed by atoms with Gasteiger partial charge in [0, 0.05) is 25.7 Å². The highest BCUT2D eigenvalue weighted by atomic mass is 16.5. The third-order valence-corrected chi connectivity index (χ3v) is 3.36. The van der Waals surface area contributed by atoms with Crippen molar-refractivity contribution in [2.24, 2.45) is 0 Å². The summed E-state index contributed by atoms with van der Waals surface area (Å²) in [5, 5.41) is 3.61. The van der Waals surface area contributed by atoms with Crippen molar-refractivity contribution in [3.8, 4) is 0 Å². The van der Waals surface area contributed by atoms with Crippen LogP contribution in [0.4, 0.5) is 0 Å².